The van der Waals surface area contributed by atoms with Gasteiger partial charge in [-0.1, -0.05) is 35.9 Å². The van der Waals surface area contributed by atoms with Crippen molar-refractivity contribution < 1.29 is 4.79 Å². The number of aromatic nitrogens is 2. The fourth-order valence-electron chi connectivity index (χ4n) is 2.53. The number of anilines is 3. The smallest absolute Gasteiger partial charge is 0.258 e. The van der Waals surface area contributed by atoms with Crippen LogP contribution >= 0.6 is 0 Å². The summed E-state index contributed by atoms with van der Waals surface area (Å²) in [7, 11) is 1.89. The summed E-state index contributed by atoms with van der Waals surface area (Å²) in [6, 6.07) is 15.7. The van der Waals surface area contributed by atoms with Crippen molar-refractivity contribution >= 4 is 23.2 Å². The van der Waals surface area contributed by atoms with Gasteiger partial charge in [-0.2, -0.15) is 0 Å². The molecule has 0 atom stereocenters. The van der Waals surface area contributed by atoms with Crippen molar-refractivity contribution in [1.82, 2.24) is 9.97 Å². The van der Waals surface area contributed by atoms with E-state index in [1.165, 1.54) is 0 Å². The first-order valence-electron chi connectivity index (χ1n) is 8.04. The van der Waals surface area contributed by atoms with E-state index in [2.05, 4.69) is 15.3 Å². The molecule has 0 radical (unpaired) electrons. The minimum atomic E-state index is -0.221. The number of nitrogens with zero attached hydrogens (tertiary/aromatic N) is 3. The maximum atomic E-state index is 12.4. The van der Waals surface area contributed by atoms with E-state index in [1.807, 2.05) is 74.3 Å². The van der Waals surface area contributed by atoms with Gasteiger partial charge in [-0.3, -0.25) is 4.79 Å². The number of nitrogens with one attached hydrogen (secondary N) is 1. The number of rotatable bonds is 4. The Morgan fingerprint density at radius 2 is 1.68 bits per heavy atom. The van der Waals surface area contributed by atoms with Crippen LogP contribution in [0.1, 0.15) is 21.5 Å². The van der Waals surface area contributed by atoms with Gasteiger partial charge in [0.15, 0.2) is 0 Å². The molecule has 1 amide bonds. The third-order valence-electron chi connectivity index (χ3n) is 3.97. The summed E-state index contributed by atoms with van der Waals surface area (Å²) in [4.78, 5) is 22.9. The van der Waals surface area contributed by atoms with Crippen molar-refractivity contribution in [3.05, 3.63) is 77.6 Å². The largest absolute Gasteiger partial charge is 0.322 e. The molecule has 25 heavy (non-hydrogen) atoms. The molecule has 0 bridgehead atoms. The standard InChI is InChI=1S/C20H20N4O/c1-14-9-10-18(15(2)11-14)23-19(25)16-12-21-20(22-13-16)24(3)17-7-5-4-6-8-17/h4-13H,1-3H3,(H,23,25). The zero-order valence-corrected chi connectivity index (χ0v) is 14.5. The Hall–Kier alpha value is -3.21. The van der Waals surface area contributed by atoms with Gasteiger partial charge in [0, 0.05) is 30.8 Å². The SMILES string of the molecule is Cc1ccc(NC(=O)c2cnc(N(C)c3ccccc3)nc2)c(C)c1. The molecule has 1 N–H and O–H groups in total. The highest BCUT2D eigenvalue weighted by Gasteiger charge is 2.11. The van der Waals surface area contributed by atoms with Gasteiger partial charge in [0.25, 0.3) is 5.91 Å². The normalized spacial score (nSPS) is 10.4. The summed E-state index contributed by atoms with van der Waals surface area (Å²) in [6.45, 7) is 3.99. The molecular weight excluding hydrogens is 312 g/mol. The van der Waals surface area contributed by atoms with Gasteiger partial charge in [-0.15, -0.1) is 0 Å². The maximum Gasteiger partial charge on any atom is 0.258 e. The van der Waals surface area contributed by atoms with Crippen molar-refractivity contribution in [2.75, 3.05) is 17.3 Å². The molecule has 5 nitrogen and oxygen atoms in total. The van der Waals surface area contributed by atoms with E-state index in [4.69, 9.17) is 0 Å². The van der Waals surface area contributed by atoms with Crippen molar-refractivity contribution in [3.8, 4) is 0 Å². The Labute approximate surface area is 147 Å². The molecule has 3 aromatic rings. The number of benzene rings is 2. The average Bonchev–Trinajstić information content (AvgIpc) is 2.64. The fraction of sp³-hybridized carbons (Fsp3) is 0.150. The zero-order chi connectivity index (χ0) is 17.8. The van der Waals surface area contributed by atoms with Gasteiger partial charge in [0.05, 0.1) is 5.56 Å². The van der Waals surface area contributed by atoms with Gasteiger partial charge in [-0.25, -0.2) is 9.97 Å². The van der Waals surface area contributed by atoms with E-state index in [-0.39, 0.29) is 5.91 Å². The van der Waals surface area contributed by atoms with Crippen LogP contribution < -0.4 is 10.2 Å². The summed E-state index contributed by atoms with van der Waals surface area (Å²) in [6.07, 6.45) is 3.08. The lowest BCUT2D eigenvalue weighted by Crippen LogP contribution is -2.16. The van der Waals surface area contributed by atoms with Crippen molar-refractivity contribution in [1.29, 1.82) is 0 Å². The predicted octanol–water partition coefficient (Wildman–Crippen LogP) is 4.11. The second-order valence-electron chi connectivity index (χ2n) is 5.94. The first kappa shape index (κ1) is 16.6. The van der Waals surface area contributed by atoms with Crippen LogP contribution in [0.3, 0.4) is 0 Å². The highest BCUT2D eigenvalue weighted by atomic mass is 16.1. The molecule has 1 aromatic heterocycles. The molecule has 0 saturated heterocycles. The van der Waals surface area contributed by atoms with Crippen LogP contribution in [-0.2, 0) is 0 Å². The molecule has 126 valence electrons. The second-order valence-corrected chi connectivity index (χ2v) is 5.94. The molecule has 3 rings (SSSR count). The van der Waals surface area contributed by atoms with E-state index < -0.39 is 0 Å². The Morgan fingerprint density at radius 3 is 2.32 bits per heavy atom. The third-order valence-corrected chi connectivity index (χ3v) is 3.97. The molecule has 0 fully saturated rings. The number of hydrogen-bond donors (Lipinski definition) is 1. The van der Waals surface area contributed by atoms with Crippen molar-refractivity contribution in [2.24, 2.45) is 0 Å². The van der Waals surface area contributed by atoms with E-state index in [9.17, 15) is 4.79 Å². The monoisotopic (exact) mass is 332 g/mol. The fourth-order valence-corrected chi connectivity index (χ4v) is 2.53. The zero-order valence-electron chi connectivity index (χ0n) is 14.5. The topological polar surface area (TPSA) is 58.1 Å². The van der Waals surface area contributed by atoms with E-state index >= 15 is 0 Å². The summed E-state index contributed by atoms with van der Waals surface area (Å²) in [5, 5.41) is 2.90. The van der Waals surface area contributed by atoms with Crippen molar-refractivity contribution in [2.45, 2.75) is 13.8 Å². The van der Waals surface area contributed by atoms with E-state index in [1.54, 1.807) is 12.4 Å². The van der Waals surface area contributed by atoms with Gasteiger partial charge in [-0.05, 0) is 37.6 Å². The average molecular weight is 332 g/mol. The molecule has 0 saturated carbocycles. The lowest BCUT2D eigenvalue weighted by atomic mass is 10.1. The molecule has 0 spiro atoms. The molecular formula is C20H20N4O. The van der Waals surface area contributed by atoms with Crippen LogP contribution in [0, 0.1) is 13.8 Å². The first-order valence-corrected chi connectivity index (χ1v) is 8.04. The molecule has 2 aromatic carbocycles. The predicted molar refractivity (Wildman–Crippen MR) is 100 cm³/mol. The van der Waals surface area contributed by atoms with Crippen LogP contribution in [0.25, 0.3) is 0 Å². The van der Waals surface area contributed by atoms with Gasteiger partial charge < -0.3 is 10.2 Å². The number of para-hydroxylation sites is 1. The van der Waals surface area contributed by atoms with Crippen molar-refractivity contribution in [3.63, 3.8) is 0 Å². The molecule has 5 heteroatoms. The number of amides is 1. The van der Waals surface area contributed by atoms with E-state index in [0.29, 0.717) is 11.5 Å². The quantitative estimate of drug-likeness (QED) is 0.781. The summed E-state index contributed by atoms with van der Waals surface area (Å²) < 4.78 is 0. The van der Waals surface area contributed by atoms with Crippen LogP contribution in [0.4, 0.5) is 17.3 Å². The second kappa shape index (κ2) is 7.13. The third kappa shape index (κ3) is 3.83. The van der Waals surface area contributed by atoms with Crippen LogP contribution in [0.15, 0.2) is 60.9 Å². The molecule has 0 aliphatic rings. The van der Waals surface area contributed by atoms with Gasteiger partial charge in [0.2, 0.25) is 5.95 Å². The van der Waals surface area contributed by atoms with Crippen LogP contribution in [0.5, 0.6) is 0 Å². The Bertz CT molecular complexity index is 876. The van der Waals surface area contributed by atoms with Crippen LogP contribution in [0.2, 0.25) is 0 Å². The van der Waals surface area contributed by atoms with Gasteiger partial charge >= 0.3 is 0 Å². The van der Waals surface area contributed by atoms with Crippen LogP contribution in [-0.4, -0.2) is 22.9 Å². The molecule has 0 aliphatic carbocycles. The first-order chi connectivity index (χ1) is 12.0. The lowest BCUT2D eigenvalue weighted by Gasteiger charge is -2.17. The highest BCUT2D eigenvalue weighted by molar-refractivity contribution is 6.04. The number of aryl methyl sites for hydroxylation is 2. The summed E-state index contributed by atoms with van der Waals surface area (Å²) in [5.74, 6) is 0.315. The van der Waals surface area contributed by atoms with Gasteiger partial charge in [0.1, 0.15) is 0 Å². The lowest BCUT2D eigenvalue weighted by molar-refractivity contribution is 0.102. The molecule has 0 aliphatic heterocycles. The minimum absolute atomic E-state index is 0.221. The minimum Gasteiger partial charge on any atom is -0.322 e. The Morgan fingerprint density at radius 1 is 1.00 bits per heavy atom. The van der Waals surface area contributed by atoms with E-state index in [0.717, 1.165) is 22.5 Å². The summed E-state index contributed by atoms with van der Waals surface area (Å²) in [5.41, 5.74) is 4.38. The number of carbonyl (C=O) groups excluding carboxylic acids is 1. The number of hydrogen-bond acceptors (Lipinski definition) is 4. The molecule has 0 unspecified atom stereocenters. The highest BCUT2D eigenvalue weighted by Crippen LogP contribution is 2.20. The Balaban J connectivity index is 1.74. The maximum absolute atomic E-state index is 12.4. The molecule has 1 heterocycles. The number of carbonyl (C=O) groups is 1. The summed E-state index contributed by atoms with van der Waals surface area (Å²) >= 11 is 0. The Kier molecular flexibility index (Phi) is 4.75.